The maximum atomic E-state index is 9.68. The molecule has 1 N–H and O–H groups in total. The summed E-state index contributed by atoms with van der Waals surface area (Å²) in [5.74, 6) is 0. The van der Waals surface area contributed by atoms with Crippen LogP contribution < -0.4 is 0 Å². The lowest BCUT2D eigenvalue weighted by atomic mass is 9.96. The molecule has 0 saturated carbocycles. The van der Waals surface area contributed by atoms with Crippen molar-refractivity contribution >= 4 is 15.9 Å². The molecule has 0 fully saturated rings. The monoisotopic (exact) mass is 208 g/mol. The normalized spacial score (nSPS) is 20.1. The van der Waals surface area contributed by atoms with Gasteiger partial charge in [-0.2, -0.15) is 0 Å². The molecule has 0 heterocycles. The van der Waals surface area contributed by atoms with Crippen molar-refractivity contribution in [1.82, 2.24) is 0 Å². The lowest BCUT2D eigenvalue weighted by molar-refractivity contribution is 0.0531. The van der Waals surface area contributed by atoms with Gasteiger partial charge in [0.05, 0.1) is 5.60 Å². The Hall–Kier alpha value is 0.440. The second kappa shape index (κ2) is 4.35. The molecular weight excluding hydrogens is 192 g/mol. The summed E-state index contributed by atoms with van der Waals surface area (Å²) in [5, 5.41) is 9.68. The summed E-state index contributed by atoms with van der Waals surface area (Å²) < 4.78 is 0. The van der Waals surface area contributed by atoms with Gasteiger partial charge in [-0.15, -0.1) is 0 Å². The molecule has 62 valence electrons. The highest BCUT2D eigenvalue weighted by Crippen LogP contribution is 2.24. The molecule has 0 aromatic heterocycles. The second-order valence-electron chi connectivity index (χ2n) is 2.97. The fraction of sp³-hybridized carbons (Fsp3) is 1.00. The van der Waals surface area contributed by atoms with Crippen LogP contribution in [0.15, 0.2) is 0 Å². The second-order valence-corrected chi connectivity index (χ2v) is 4.07. The Balaban J connectivity index is 3.78. The maximum absolute atomic E-state index is 9.68. The highest BCUT2D eigenvalue weighted by molar-refractivity contribution is 9.09. The molecule has 2 atom stereocenters. The van der Waals surface area contributed by atoms with Crippen molar-refractivity contribution in [1.29, 1.82) is 0 Å². The molecule has 0 aliphatic heterocycles. The van der Waals surface area contributed by atoms with Gasteiger partial charge in [0, 0.05) is 4.83 Å². The minimum Gasteiger partial charge on any atom is -0.389 e. The van der Waals surface area contributed by atoms with Crippen LogP contribution in [0.5, 0.6) is 0 Å². The quantitative estimate of drug-likeness (QED) is 0.706. The summed E-state index contributed by atoms with van der Waals surface area (Å²) in [5.41, 5.74) is -0.532. The zero-order valence-corrected chi connectivity index (χ0v) is 8.61. The number of rotatable bonds is 4. The van der Waals surface area contributed by atoms with Crippen molar-refractivity contribution in [3.05, 3.63) is 0 Å². The van der Waals surface area contributed by atoms with Crippen LogP contribution in [0, 0.1) is 0 Å². The zero-order valence-electron chi connectivity index (χ0n) is 7.02. The van der Waals surface area contributed by atoms with Crippen molar-refractivity contribution in [3.8, 4) is 0 Å². The molecule has 1 nitrogen and oxygen atoms in total. The van der Waals surface area contributed by atoms with E-state index in [-0.39, 0.29) is 4.83 Å². The largest absolute Gasteiger partial charge is 0.389 e. The van der Waals surface area contributed by atoms with Gasteiger partial charge in [-0.05, 0) is 19.8 Å². The molecule has 2 unspecified atom stereocenters. The van der Waals surface area contributed by atoms with Crippen molar-refractivity contribution in [2.75, 3.05) is 0 Å². The fourth-order valence-electron chi connectivity index (χ4n) is 0.786. The van der Waals surface area contributed by atoms with E-state index in [1.54, 1.807) is 0 Å². The van der Waals surface area contributed by atoms with Gasteiger partial charge in [0.2, 0.25) is 0 Å². The minimum absolute atomic E-state index is 0.245. The smallest absolute Gasteiger partial charge is 0.0741 e. The van der Waals surface area contributed by atoms with E-state index in [1.165, 1.54) is 0 Å². The first-order valence-corrected chi connectivity index (χ1v) is 4.82. The highest BCUT2D eigenvalue weighted by Gasteiger charge is 2.26. The number of alkyl halides is 1. The van der Waals surface area contributed by atoms with Gasteiger partial charge >= 0.3 is 0 Å². The van der Waals surface area contributed by atoms with E-state index in [1.807, 2.05) is 13.8 Å². The molecule has 0 aromatic carbocycles. The number of hydrogen-bond acceptors (Lipinski definition) is 1. The van der Waals surface area contributed by atoms with Crippen molar-refractivity contribution in [3.63, 3.8) is 0 Å². The van der Waals surface area contributed by atoms with E-state index in [2.05, 4.69) is 22.9 Å². The van der Waals surface area contributed by atoms with Crippen molar-refractivity contribution in [2.24, 2.45) is 0 Å². The van der Waals surface area contributed by atoms with Crippen LogP contribution in [0.25, 0.3) is 0 Å². The first-order chi connectivity index (χ1) is 4.54. The molecule has 0 bridgehead atoms. The van der Waals surface area contributed by atoms with Gasteiger partial charge < -0.3 is 5.11 Å². The summed E-state index contributed by atoms with van der Waals surface area (Å²) in [7, 11) is 0. The summed E-state index contributed by atoms with van der Waals surface area (Å²) in [6, 6.07) is 0. The van der Waals surface area contributed by atoms with E-state index < -0.39 is 5.60 Å². The standard InChI is InChI=1S/C8H17BrO/c1-4-6-7(9)8(3,10)5-2/h7,10H,4-6H2,1-3H3. The summed E-state index contributed by atoms with van der Waals surface area (Å²) in [6.07, 6.45) is 2.97. The average Bonchev–Trinajstić information content (AvgIpc) is 1.89. The Kier molecular flexibility index (Phi) is 4.54. The molecule has 0 radical (unpaired) electrons. The molecule has 0 aromatic rings. The molecule has 0 amide bonds. The summed E-state index contributed by atoms with van der Waals surface area (Å²) >= 11 is 3.47. The first kappa shape index (κ1) is 10.4. The Morgan fingerprint density at radius 3 is 2.30 bits per heavy atom. The van der Waals surface area contributed by atoms with Crippen LogP contribution >= 0.6 is 15.9 Å². The van der Waals surface area contributed by atoms with Gasteiger partial charge in [0.1, 0.15) is 0 Å². The molecule has 0 rings (SSSR count). The van der Waals surface area contributed by atoms with E-state index in [0.29, 0.717) is 0 Å². The Labute approximate surface area is 72.0 Å². The van der Waals surface area contributed by atoms with Crippen LogP contribution in [0.1, 0.15) is 40.0 Å². The maximum Gasteiger partial charge on any atom is 0.0741 e. The van der Waals surface area contributed by atoms with Gasteiger partial charge in [0.15, 0.2) is 0 Å². The Morgan fingerprint density at radius 1 is 1.50 bits per heavy atom. The topological polar surface area (TPSA) is 20.2 Å². The van der Waals surface area contributed by atoms with Gasteiger partial charge in [0.25, 0.3) is 0 Å². The predicted molar refractivity (Wildman–Crippen MR) is 48.5 cm³/mol. The predicted octanol–water partition coefficient (Wildman–Crippen LogP) is 2.71. The number of halogens is 1. The third-order valence-corrected chi connectivity index (χ3v) is 3.38. The van der Waals surface area contributed by atoms with E-state index in [0.717, 1.165) is 19.3 Å². The SMILES string of the molecule is CCCC(Br)C(C)(O)CC. The third-order valence-electron chi connectivity index (χ3n) is 1.93. The zero-order chi connectivity index (χ0) is 8.20. The molecule has 2 heteroatoms. The number of hydrogen-bond donors (Lipinski definition) is 1. The molecule has 0 aliphatic rings. The van der Waals surface area contributed by atoms with Gasteiger partial charge in [-0.25, -0.2) is 0 Å². The molecule has 0 aliphatic carbocycles. The van der Waals surface area contributed by atoms with Crippen LogP contribution in [0.4, 0.5) is 0 Å². The van der Waals surface area contributed by atoms with Gasteiger partial charge in [-0.1, -0.05) is 36.2 Å². The fourth-order valence-corrected chi connectivity index (χ4v) is 1.57. The first-order valence-electron chi connectivity index (χ1n) is 3.91. The van der Waals surface area contributed by atoms with Crippen LogP contribution in [0.3, 0.4) is 0 Å². The van der Waals surface area contributed by atoms with E-state index >= 15 is 0 Å². The number of aliphatic hydroxyl groups is 1. The lowest BCUT2D eigenvalue weighted by Gasteiger charge is -2.27. The lowest BCUT2D eigenvalue weighted by Crippen LogP contribution is -2.34. The Morgan fingerprint density at radius 2 is 2.00 bits per heavy atom. The van der Waals surface area contributed by atoms with Crippen molar-refractivity contribution in [2.45, 2.75) is 50.5 Å². The summed E-state index contributed by atoms with van der Waals surface area (Å²) in [6.45, 7) is 6.01. The van der Waals surface area contributed by atoms with E-state index in [9.17, 15) is 5.11 Å². The van der Waals surface area contributed by atoms with E-state index in [4.69, 9.17) is 0 Å². The Bertz CT molecular complexity index is 91.3. The highest BCUT2D eigenvalue weighted by atomic mass is 79.9. The van der Waals surface area contributed by atoms with Crippen LogP contribution in [-0.4, -0.2) is 15.5 Å². The van der Waals surface area contributed by atoms with Gasteiger partial charge in [-0.3, -0.25) is 0 Å². The summed E-state index contributed by atoms with van der Waals surface area (Å²) in [4.78, 5) is 0.245. The van der Waals surface area contributed by atoms with Crippen LogP contribution in [-0.2, 0) is 0 Å². The molecule has 10 heavy (non-hydrogen) atoms. The minimum atomic E-state index is -0.532. The van der Waals surface area contributed by atoms with Crippen LogP contribution in [0.2, 0.25) is 0 Å². The molecule has 0 saturated heterocycles. The third kappa shape index (κ3) is 3.02. The van der Waals surface area contributed by atoms with Crippen molar-refractivity contribution < 1.29 is 5.11 Å². The molecule has 0 spiro atoms. The molecular formula is C8H17BrO. The average molecular weight is 209 g/mol.